The van der Waals surface area contributed by atoms with Crippen molar-refractivity contribution >= 4 is 26.8 Å². The first-order valence-corrected chi connectivity index (χ1v) is 10.0. The molecule has 3 nitrogen and oxygen atoms in total. The summed E-state index contributed by atoms with van der Waals surface area (Å²) in [5.41, 5.74) is 8.53. The lowest BCUT2D eigenvalue weighted by Gasteiger charge is -2.18. The molecule has 0 spiro atoms. The van der Waals surface area contributed by atoms with Crippen molar-refractivity contribution < 1.29 is 9.47 Å². The van der Waals surface area contributed by atoms with Gasteiger partial charge in [0.2, 0.25) is 0 Å². The molecule has 5 rings (SSSR count). The zero-order valence-electron chi connectivity index (χ0n) is 16.0. The molecule has 1 heterocycles. The van der Waals surface area contributed by atoms with Crippen molar-refractivity contribution in [3.63, 3.8) is 0 Å². The highest BCUT2D eigenvalue weighted by Gasteiger charge is 2.35. The van der Waals surface area contributed by atoms with Crippen LogP contribution in [0.15, 0.2) is 59.1 Å². The summed E-state index contributed by atoms with van der Waals surface area (Å²) in [6.07, 6.45) is 0. The van der Waals surface area contributed by atoms with E-state index < -0.39 is 0 Å². The van der Waals surface area contributed by atoms with Gasteiger partial charge in [-0.3, -0.25) is 0 Å². The van der Waals surface area contributed by atoms with Gasteiger partial charge < -0.3 is 14.5 Å². The average Bonchev–Trinajstić information content (AvgIpc) is 3.22. The highest BCUT2D eigenvalue weighted by atomic mass is 79.9. The van der Waals surface area contributed by atoms with Crippen molar-refractivity contribution in [2.75, 3.05) is 14.2 Å². The molecule has 0 amide bonds. The van der Waals surface area contributed by atoms with Gasteiger partial charge in [0.25, 0.3) is 0 Å². The van der Waals surface area contributed by atoms with Crippen molar-refractivity contribution in [2.24, 2.45) is 0 Å². The summed E-state index contributed by atoms with van der Waals surface area (Å²) in [4.78, 5) is 3.58. The van der Waals surface area contributed by atoms with Crippen LogP contribution in [0.2, 0.25) is 0 Å². The molecular weight excluding hydrogens is 414 g/mol. The summed E-state index contributed by atoms with van der Waals surface area (Å²) >= 11 is 3.69. The zero-order valence-corrected chi connectivity index (χ0v) is 17.6. The molecule has 0 saturated carbocycles. The van der Waals surface area contributed by atoms with Crippen LogP contribution >= 0.6 is 15.9 Å². The second kappa shape index (κ2) is 6.42. The smallest absolute Gasteiger partial charge is 0.127 e. The quantitative estimate of drug-likeness (QED) is 0.356. The van der Waals surface area contributed by atoms with Gasteiger partial charge in [0.1, 0.15) is 11.5 Å². The predicted molar refractivity (Wildman–Crippen MR) is 117 cm³/mol. The number of para-hydroxylation sites is 1. The highest BCUT2D eigenvalue weighted by Crippen LogP contribution is 2.54. The number of H-pyrrole nitrogens is 1. The lowest BCUT2D eigenvalue weighted by atomic mass is 9.87. The summed E-state index contributed by atoms with van der Waals surface area (Å²) in [5.74, 6) is 1.78. The number of ether oxygens (including phenoxy) is 2. The number of aromatic nitrogens is 1. The monoisotopic (exact) mass is 433 g/mol. The van der Waals surface area contributed by atoms with E-state index in [1.165, 1.54) is 38.9 Å². The number of hydrogen-bond acceptors (Lipinski definition) is 2. The third kappa shape index (κ3) is 2.34. The molecule has 0 aliphatic heterocycles. The number of aromatic amines is 1. The Labute approximate surface area is 172 Å². The van der Waals surface area contributed by atoms with Crippen LogP contribution in [0.3, 0.4) is 0 Å². The number of benzene rings is 3. The number of aryl methyl sites for hydroxylation is 1. The van der Waals surface area contributed by atoms with Crippen LogP contribution < -0.4 is 9.47 Å². The molecule has 0 fully saturated rings. The third-order valence-electron chi connectivity index (χ3n) is 5.73. The lowest BCUT2D eigenvalue weighted by Crippen LogP contribution is -2.03. The van der Waals surface area contributed by atoms with Gasteiger partial charge in [-0.2, -0.15) is 0 Å². The fourth-order valence-electron chi connectivity index (χ4n) is 4.56. The number of halogens is 1. The SMILES string of the molecule is COc1cc(OC)c2c(c1)-c1ccccc1[C@H]2c1c(C)[nH]c2c(Br)cccc12. The Morgan fingerprint density at radius 3 is 2.50 bits per heavy atom. The lowest BCUT2D eigenvalue weighted by molar-refractivity contribution is 0.391. The van der Waals surface area contributed by atoms with E-state index in [0.717, 1.165) is 21.5 Å². The number of fused-ring (bicyclic) bond motifs is 4. The molecule has 0 radical (unpaired) electrons. The maximum absolute atomic E-state index is 5.84. The standard InChI is InChI=1S/C24H20BrNO2/c1-13-21(17-9-6-10-19(25)24(17)26-13)23-16-8-5-4-7-15(16)18-11-14(27-2)12-20(28-3)22(18)23/h4-12,23,26H,1-3H3/t23-/m0/s1. The minimum atomic E-state index is 0.107. The molecule has 4 heteroatoms. The normalized spacial score (nSPS) is 14.8. The van der Waals surface area contributed by atoms with E-state index in [2.05, 4.69) is 76.4 Å². The van der Waals surface area contributed by atoms with Crippen LogP contribution in [-0.4, -0.2) is 19.2 Å². The van der Waals surface area contributed by atoms with Crippen LogP contribution in [0, 0.1) is 6.92 Å². The molecule has 1 aliphatic carbocycles. The van der Waals surface area contributed by atoms with Gasteiger partial charge >= 0.3 is 0 Å². The fraction of sp³-hybridized carbons (Fsp3) is 0.167. The van der Waals surface area contributed by atoms with E-state index in [9.17, 15) is 0 Å². The van der Waals surface area contributed by atoms with Gasteiger partial charge in [-0.15, -0.1) is 0 Å². The number of nitrogens with one attached hydrogen (secondary N) is 1. The van der Waals surface area contributed by atoms with Crippen molar-refractivity contribution in [2.45, 2.75) is 12.8 Å². The van der Waals surface area contributed by atoms with Crippen LogP contribution in [0.4, 0.5) is 0 Å². The third-order valence-corrected chi connectivity index (χ3v) is 6.39. The molecule has 0 saturated heterocycles. The van der Waals surface area contributed by atoms with Crippen molar-refractivity contribution in [1.29, 1.82) is 0 Å². The van der Waals surface area contributed by atoms with Gasteiger partial charge in [0, 0.05) is 33.1 Å². The predicted octanol–water partition coefficient (Wildman–Crippen LogP) is 6.42. The molecule has 3 aromatic carbocycles. The van der Waals surface area contributed by atoms with Crippen LogP contribution in [0.5, 0.6) is 11.5 Å². The molecule has 1 N–H and O–H groups in total. The molecule has 1 aromatic heterocycles. The maximum atomic E-state index is 5.84. The Morgan fingerprint density at radius 1 is 0.893 bits per heavy atom. The first-order chi connectivity index (χ1) is 13.6. The Bertz CT molecular complexity index is 1220. The Balaban J connectivity index is 1.88. The number of rotatable bonds is 3. The van der Waals surface area contributed by atoms with Gasteiger partial charge in [-0.1, -0.05) is 36.4 Å². The maximum Gasteiger partial charge on any atom is 0.127 e. The van der Waals surface area contributed by atoms with Crippen LogP contribution in [-0.2, 0) is 0 Å². The summed E-state index contributed by atoms with van der Waals surface area (Å²) in [6, 6.07) is 19.1. The number of methoxy groups -OCH3 is 2. The Hall–Kier alpha value is -2.72. The molecular formula is C24H20BrNO2. The molecule has 0 bridgehead atoms. The largest absolute Gasteiger partial charge is 0.497 e. The average molecular weight is 434 g/mol. The first-order valence-electron chi connectivity index (χ1n) is 9.26. The Morgan fingerprint density at radius 2 is 1.71 bits per heavy atom. The van der Waals surface area contributed by atoms with Crippen LogP contribution in [0.1, 0.15) is 28.3 Å². The summed E-state index contributed by atoms with van der Waals surface area (Å²) < 4.78 is 12.5. The minimum Gasteiger partial charge on any atom is -0.497 e. The fourth-order valence-corrected chi connectivity index (χ4v) is 5.03. The molecule has 140 valence electrons. The van der Waals surface area contributed by atoms with Gasteiger partial charge in [0.05, 0.1) is 19.7 Å². The minimum absolute atomic E-state index is 0.107. The van der Waals surface area contributed by atoms with Crippen LogP contribution in [0.25, 0.3) is 22.0 Å². The molecule has 1 atom stereocenters. The Kier molecular flexibility index (Phi) is 3.98. The highest BCUT2D eigenvalue weighted by molar-refractivity contribution is 9.10. The second-order valence-electron chi connectivity index (χ2n) is 7.14. The summed E-state index contributed by atoms with van der Waals surface area (Å²) in [7, 11) is 3.43. The molecule has 0 unspecified atom stereocenters. The topological polar surface area (TPSA) is 34.2 Å². The molecule has 28 heavy (non-hydrogen) atoms. The zero-order chi connectivity index (χ0) is 19.4. The van der Waals surface area contributed by atoms with Gasteiger partial charge in [-0.25, -0.2) is 0 Å². The molecule has 4 aromatic rings. The summed E-state index contributed by atoms with van der Waals surface area (Å²) in [6.45, 7) is 2.15. The van der Waals surface area contributed by atoms with Gasteiger partial charge in [0.15, 0.2) is 0 Å². The van der Waals surface area contributed by atoms with E-state index in [4.69, 9.17) is 9.47 Å². The van der Waals surface area contributed by atoms with E-state index in [-0.39, 0.29) is 5.92 Å². The van der Waals surface area contributed by atoms with E-state index in [0.29, 0.717) is 0 Å². The van der Waals surface area contributed by atoms with Crippen molar-refractivity contribution in [3.05, 3.63) is 81.5 Å². The van der Waals surface area contributed by atoms with E-state index in [1.54, 1.807) is 14.2 Å². The van der Waals surface area contributed by atoms with E-state index >= 15 is 0 Å². The second-order valence-corrected chi connectivity index (χ2v) is 7.99. The summed E-state index contributed by atoms with van der Waals surface area (Å²) in [5, 5.41) is 1.23. The van der Waals surface area contributed by atoms with Gasteiger partial charge in [-0.05, 0) is 57.2 Å². The van der Waals surface area contributed by atoms with E-state index in [1.807, 2.05) is 6.07 Å². The first kappa shape index (κ1) is 17.4. The molecule has 1 aliphatic rings. The van der Waals surface area contributed by atoms with Crippen molar-refractivity contribution in [1.82, 2.24) is 4.98 Å². The van der Waals surface area contributed by atoms with Crippen molar-refractivity contribution in [3.8, 4) is 22.6 Å². The number of hydrogen-bond donors (Lipinski definition) is 1.